The van der Waals surface area contributed by atoms with Crippen LogP contribution in [0.4, 0.5) is 24.7 Å². The second-order valence-electron chi connectivity index (χ2n) is 5.18. The van der Waals surface area contributed by atoms with E-state index >= 15 is 0 Å². The predicted octanol–water partition coefficient (Wildman–Crippen LogP) is 4.61. The van der Waals surface area contributed by atoms with Crippen molar-refractivity contribution in [2.45, 2.75) is 13.1 Å². The molecule has 0 aliphatic heterocycles. The zero-order chi connectivity index (χ0) is 17.2. The zero-order valence-corrected chi connectivity index (χ0v) is 12.7. The Morgan fingerprint density at radius 3 is 2.42 bits per heavy atom. The average Bonchev–Trinajstić information content (AvgIpc) is 2.55. The Morgan fingerprint density at radius 2 is 1.75 bits per heavy atom. The minimum atomic E-state index is -4.35. The van der Waals surface area contributed by atoms with E-state index in [2.05, 4.69) is 20.3 Å². The van der Waals surface area contributed by atoms with E-state index in [-0.39, 0.29) is 0 Å². The van der Waals surface area contributed by atoms with Crippen LogP contribution in [0.2, 0.25) is 0 Å². The highest BCUT2D eigenvalue weighted by atomic mass is 19.4. The van der Waals surface area contributed by atoms with Crippen molar-refractivity contribution in [3.05, 3.63) is 66.2 Å². The van der Waals surface area contributed by atoms with E-state index in [0.29, 0.717) is 17.2 Å². The van der Waals surface area contributed by atoms with Gasteiger partial charge in [0.15, 0.2) is 0 Å². The first kappa shape index (κ1) is 15.9. The van der Waals surface area contributed by atoms with Crippen LogP contribution in [0.3, 0.4) is 0 Å². The van der Waals surface area contributed by atoms with Gasteiger partial charge in [-0.1, -0.05) is 0 Å². The summed E-state index contributed by atoms with van der Waals surface area (Å²) in [6.45, 7) is 1.88. The summed E-state index contributed by atoms with van der Waals surface area (Å²) in [6, 6.07) is 8.45. The van der Waals surface area contributed by atoms with E-state index in [1.807, 2.05) is 19.1 Å². The highest BCUT2D eigenvalue weighted by Gasteiger charge is 2.29. The van der Waals surface area contributed by atoms with E-state index in [1.54, 1.807) is 12.4 Å². The Hall–Kier alpha value is -2.96. The minimum Gasteiger partial charge on any atom is -0.339 e. The zero-order valence-electron chi connectivity index (χ0n) is 12.7. The summed E-state index contributed by atoms with van der Waals surface area (Å²) in [6.07, 6.45) is 0.460. The van der Waals surface area contributed by atoms with Gasteiger partial charge in [0.25, 0.3) is 0 Å². The van der Waals surface area contributed by atoms with Crippen LogP contribution in [0.1, 0.15) is 11.3 Å². The molecule has 1 N–H and O–H groups in total. The molecule has 0 bridgehead atoms. The summed E-state index contributed by atoms with van der Waals surface area (Å²) in [5.41, 5.74) is 2.18. The number of benzene rings is 1. The average molecular weight is 330 g/mol. The number of aromatic nitrogens is 3. The standard InChI is InChI=1S/C17H13F3N4/c1-11-8-12(6-7-22-11)15-9-21-10-16(24-15)23-14-4-2-13(3-5-14)17(18,19)20/h2-10H,1H3,(H,23,24). The Kier molecular flexibility index (Phi) is 4.16. The van der Waals surface area contributed by atoms with Gasteiger partial charge in [0.1, 0.15) is 5.82 Å². The first-order valence-electron chi connectivity index (χ1n) is 7.11. The van der Waals surface area contributed by atoms with Gasteiger partial charge >= 0.3 is 6.18 Å². The Morgan fingerprint density at radius 1 is 1.00 bits per heavy atom. The van der Waals surface area contributed by atoms with Crippen molar-refractivity contribution in [3.8, 4) is 11.3 Å². The van der Waals surface area contributed by atoms with Gasteiger partial charge in [0, 0.05) is 23.1 Å². The van der Waals surface area contributed by atoms with Crippen LogP contribution < -0.4 is 5.32 Å². The molecule has 24 heavy (non-hydrogen) atoms. The van der Waals surface area contributed by atoms with Gasteiger partial charge in [-0.2, -0.15) is 13.2 Å². The Labute approximate surface area is 136 Å². The molecule has 0 radical (unpaired) electrons. The Balaban J connectivity index is 1.82. The summed E-state index contributed by atoms with van der Waals surface area (Å²) in [5.74, 6) is 0.446. The van der Waals surface area contributed by atoms with Crippen LogP contribution in [-0.4, -0.2) is 15.0 Å². The number of aryl methyl sites for hydroxylation is 1. The molecule has 0 atom stereocenters. The number of halogens is 3. The van der Waals surface area contributed by atoms with E-state index in [9.17, 15) is 13.2 Å². The molecule has 2 aromatic heterocycles. The third kappa shape index (κ3) is 3.68. The van der Waals surface area contributed by atoms with Gasteiger partial charge in [-0.05, 0) is 43.3 Å². The molecule has 4 nitrogen and oxygen atoms in total. The molecule has 0 saturated carbocycles. The van der Waals surface area contributed by atoms with Gasteiger partial charge in [-0.15, -0.1) is 0 Å². The first-order chi connectivity index (χ1) is 11.4. The normalized spacial score (nSPS) is 11.3. The van der Waals surface area contributed by atoms with E-state index in [4.69, 9.17) is 0 Å². The largest absolute Gasteiger partial charge is 0.416 e. The second-order valence-corrected chi connectivity index (χ2v) is 5.18. The molecule has 0 amide bonds. The lowest BCUT2D eigenvalue weighted by Crippen LogP contribution is -2.04. The van der Waals surface area contributed by atoms with E-state index < -0.39 is 11.7 Å². The van der Waals surface area contributed by atoms with Crippen LogP contribution in [0.15, 0.2) is 55.0 Å². The number of nitrogens with one attached hydrogen (secondary N) is 1. The van der Waals surface area contributed by atoms with Crippen molar-refractivity contribution in [2.75, 3.05) is 5.32 Å². The molecule has 0 spiro atoms. The van der Waals surface area contributed by atoms with Crippen LogP contribution in [0.25, 0.3) is 11.3 Å². The van der Waals surface area contributed by atoms with E-state index in [0.717, 1.165) is 23.4 Å². The summed E-state index contributed by atoms with van der Waals surface area (Å²) in [4.78, 5) is 12.7. The topological polar surface area (TPSA) is 50.7 Å². The van der Waals surface area contributed by atoms with Crippen molar-refractivity contribution >= 4 is 11.5 Å². The summed E-state index contributed by atoms with van der Waals surface area (Å²) in [5, 5.41) is 2.95. The summed E-state index contributed by atoms with van der Waals surface area (Å²) >= 11 is 0. The maximum absolute atomic E-state index is 12.6. The number of nitrogens with zero attached hydrogens (tertiary/aromatic N) is 3. The minimum absolute atomic E-state index is 0.446. The number of anilines is 2. The number of hydrogen-bond donors (Lipinski definition) is 1. The highest BCUT2D eigenvalue weighted by Crippen LogP contribution is 2.30. The molecule has 0 aliphatic carbocycles. The van der Waals surface area contributed by atoms with Crippen molar-refractivity contribution < 1.29 is 13.2 Å². The maximum atomic E-state index is 12.6. The molecule has 122 valence electrons. The lowest BCUT2D eigenvalue weighted by atomic mass is 10.2. The molecule has 0 fully saturated rings. The van der Waals surface area contributed by atoms with Crippen molar-refractivity contribution in [2.24, 2.45) is 0 Å². The monoisotopic (exact) mass is 330 g/mol. The third-order valence-corrected chi connectivity index (χ3v) is 3.31. The van der Waals surface area contributed by atoms with Gasteiger partial charge < -0.3 is 5.32 Å². The fourth-order valence-corrected chi connectivity index (χ4v) is 2.16. The molecular weight excluding hydrogens is 317 g/mol. The first-order valence-corrected chi connectivity index (χ1v) is 7.11. The summed E-state index contributed by atoms with van der Waals surface area (Å²) < 4.78 is 37.7. The van der Waals surface area contributed by atoms with Crippen LogP contribution in [0, 0.1) is 6.92 Å². The van der Waals surface area contributed by atoms with Gasteiger partial charge in [-0.3, -0.25) is 9.97 Å². The predicted molar refractivity (Wildman–Crippen MR) is 84.7 cm³/mol. The van der Waals surface area contributed by atoms with Crippen LogP contribution in [0.5, 0.6) is 0 Å². The fourth-order valence-electron chi connectivity index (χ4n) is 2.16. The molecule has 0 saturated heterocycles. The molecule has 0 unspecified atom stereocenters. The molecule has 3 rings (SSSR count). The van der Waals surface area contributed by atoms with Crippen molar-refractivity contribution in [1.29, 1.82) is 0 Å². The number of hydrogen-bond acceptors (Lipinski definition) is 4. The maximum Gasteiger partial charge on any atom is 0.416 e. The quantitative estimate of drug-likeness (QED) is 0.762. The lowest BCUT2D eigenvalue weighted by molar-refractivity contribution is -0.137. The van der Waals surface area contributed by atoms with E-state index in [1.165, 1.54) is 18.3 Å². The number of alkyl halides is 3. The molecule has 1 aromatic carbocycles. The summed E-state index contributed by atoms with van der Waals surface area (Å²) in [7, 11) is 0. The molecular formula is C17H13F3N4. The lowest BCUT2D eigenvalue weighted by Gasteiger charge is -2.10. The smallest absolute Gasteiger partial charge is 0.339 e. The fraction of sp³-hybridized carbons (Fsp3) is 0.118. The SMILES string of the molecule is Cc1cc(-c2cncc(Nc3ccc(C(F)(F)F)cc3)n2)ccn1. The second kappa shape index (κ2) is 6.27. The van der Waals surface area contributed by atoms with Crippen LogP contribution >= 0.6 is 0 Å². The van der Waals surface area contributed by atoms with Crippen molar-refractivity contribution in [3.63, 3.8) is 0 Å². The third-order valence-electron chi connectivity index (χ3n) is 3.31. The number of rotatable bonds is 3. The molecule has 0 aliphatic rings. The van der Waals surface area contributed by atoms with Crippen LogP contribution in [-0.2, 0) is 6.18 Å². The van der Waals surface area contributed by atoms with Gasteiger partial charge in [0.05, 0.1) is 23.7 Å². The van der Waals surface area contributed by atoms with Gasteiger partial charge in [-0.25, -0.2) is 4.98 Å². The molecule has 2 heterocycles. The number of pyridine rings is 1. The Bertz CT molecular complexity index is 845. The highest BCUT2D eigenvalue weighted by molar-refractivity contribution is 5.62. The van der Waals surface area contributed by atoms with Gasteiger partial charge in [0.2, 0.25) is 0 Å². The molecule has 3 aromatic rings. The molecule has 7 heteroatoms. The van der Waals surface area contributed by atoms with Crippen molar-refractivity contribution in [1.82, 2.24) is 15.0 Å².